The molecule has 0 saturated heterocycles. The molecular formula is C23H44O4. The number of carboxylic acids is 2. The topological polar surface area (TPSA) is 74.6 Å². The summed E-state index contributed by atoms with van der Waals surface area (Å²) in [4.78, 5) is 20.1. The second-order valence-corrected chi connectivity index (χ2v) is 7.23. The number of carboxylic acid groups (broad SMARTS) is 2. The summed E-state index contributed by atoms with van der Waals surface area (Å²) in [5.41, 5.74) is 0. The van der Waals surface area contributed by atoms with Crippen LogP contribution >= 0.6 is 0 Å². The minimum absolute atomic E-state index is 0.316. The third kappa shape index (κ3) is 32.8. The number of carbonyl (C=O) groups is 2. The molecule has 0 aromatic heterocycles. The molecule has 0 aromatic carbocycles. The van der Waals surface area contributed by atoms with Gasteiger partial charge in [0.05, 0.1) is 0 Å². The van der Waals surface area contributed by atoms with Crippen molar-refractivity contribution in [2.45, 2.75) is 123 Å². The summed E-state index contributed by atoms with van der Waals surface area (Å²) in [7, 11) is 0. The largest absolute Gasteiger partial charge is 0.481 e. The smallest absolute Gasteiger partial charge is 0.303 e. The number of allylic oxidation sites excluding steroid dienone is 2. The third-order valence-corrected chi connectivity index (χ3v) is 4.40. The van der Waals surface area contributed by atoms with Gasteiger partial charge in [0.25, 0.3) is 0 Å². The molecule has 4 nitrogen and oxygen atoms in total. The van der Waals surface area contributed by atoms with Crippen molar-refractivity contribution in [3.63, 3.8) is 0 Å². The van der Waals surface area contributed by atoms with Crippen LogP contribution in [-0.2, 0) is 9.59 Å². The average Bonchev–Trinajstić information content (AvgIpc) is 2.63. The number of aliphatic carboxylic acids is 2. The van der Waals surface area contributed by atoms with Crippen molar-refractivity contribution in [3.8, 4) is 0 Å². The molecule has 0 atom stereocenters. The van der Waals surface area contributed by atoms with E-state index in [0.29, 0.717) is 12.8 Å². The molecule has 0 heterocycles. The normalized spacial score (nSPS) is 10.6. The summed E-state index contributed by atoms with van der Waals surface area (Å²) < 4.78 is 0. The Morgan fingerprint density at radius 2 is 0.926 bits per heavy atom. The first-order valence-corrected chi connectivity index (χ1v) is 11.1. The quantitative estimate of drug-likeness (QED) is 0.191. The molecule has 0 rings (SSSR count). The predicted octanol–water partition coefficient (Wildman–Crippen LogP) is 7.37. The molecule has 0 bridgehead atoms. The van der Waals surface area contributed by atoms with E-state index < -0.39 is 11.9 Å². The van der Waals surface area contributed by atoms with E-state index in [2.05, 4.69) is 19.1 Å². The van der Waals surface area contributed by atoms with Gasteiger partial charge >= 0.3 is 11.9 Å². The van der Waals surface area contributed by atoms with Crippen LogP contribution in [0.25, 0.3) is 0 Å². The molecule has 0 fully saturated rings. The first-order valence-electron chi connectivity index (χ1n) is 11.1. The maximum Gasteiger partial charge on any atom is 0.303 e. The average molecular weight is 385 g/mol. The van der Waals surface area contributed by atoms with E-state index >= 15 is 0 Å². The Kier molecular flexibility index (Phi) is 25.5. The molecule has 0 aliphatic heterocycles. The van der Waals surface area contributed by atoms with Gasteiger partial charge in [-0.2, -0.15) is 0 Å². The third-order valence-electron chi connectivity index (χ3n) is 4.40. The van der Waals surface area contributed by atoms with Crippen molar-refractivity contribution in [2.75, 3.05) is 0 Å². The maximum atomic E-state index is 10.3. The van der Waals surface area contributed by atoms with Gasteiger partial charge in [0.2, 0.25) is 0 Å². The molecule has 27 heavy (non-hydrogen) atoms. The van der Waals surface area contributed by atoms with Gasteiger partial charge in [-0.15, -0.1) is 0 Å². The Morgan fingerprint density at radius 1 is 0.556 bits per heavy atom. The zero-order chi connectivity index (χ0) is 20.6. The van der Waals surface area contributed by atoms with Crippen LogP contribution in [-0.4, -0.2) is 22.2 Å². The summed E-state index contributed by atoms with van der Waals surface area (Å²) in [6.45, 7) is 4.23. The lowest BCUT2D eigenvalue weighted by atomic mass is 10.1. The van der Waals surface area contributed by atoms with E-state index in [1.165, 1.54) is 70.6 Å². The molecule has 0 amide bonds. The molecule has 160 valence electrons. The van der Waals surface area contributed by atoms with Crippen LogP contribution in [0.1, 0.15) is 123 Å². The molecule has 0 saturated carbocycles. The van der Waals surface area contributed by atoms with E-state index in [9.17, 15) is 9.59 Å². The van der Waals surface area contributed by atoms with Gasteiger partial charge in [-0.1, -0.05) is 83.8 Å². The zero-order valence-electron chi connectivity index (χ0n) is 17.9. The lowest BCUT2D eigenvalue weighted by Crippen LogP contribution is -1.93. The van der Waals surface area contributed by atoms with Crippen molar-refractivity contribution in [1.82, 2.24) is 0 Å². The second-order valence-electron chi connectivity index (χ2n) is 7.23. The van der Waals surface area contributed by atoms with Crippen LogP contribution in [0.15, 0.2) is 12.2 Å². The van der Waals surface area contributed by atoms with Crippen molar-refractivity contribution >= 4 is 11.9 Å². The summed E-state index contributed by atoms with van der Waals surface area (Å²) >= 11 is 0. The van der Waals surface area contributed by atoms with Crippen LogP contribution in [0.2, 0.25) is 0 Å². The fourth-order valence-electron chi connectivity index (χ4n) is 2.67. The van der Waals surface area contributed by atoms with Gasteiger partial charge in [0.1, 0.15) is 0 Å². The van der Waals surface area contributed by atoms with Gasteiger partial charge < -0.3 is 10.2 Å². The molecule has 0 spiro atoms. The van der Waals surface area contributed by atoms with E-state index in [1.54, 1.807) is 0 Å². The predicted molar refractivity (Wildman–Crippen MR) is 114 cm³/mol. The van der Waals surface area contributed by atoms with E-state index in [-0.39, 0.29) is 0 Å². The molecule has 2 N–H and O–H groups in total. The van der Waals surface area contributed by atoms with Crippen LogP contribution in [0, 0.1) is 0 Å². The Hall–Kier alpha value is -1.32. The zero-order valence-corrected chi connectivity index (χ0v) is 17.9. The van der Waals surface area contributed by atoms with Crippen LogP contribution < -0.4 is 0 Å². The maximum absolute atomic E-state index is 10.3. The van der Waals surface area contributed by atoms with Gasteiger partial charge in [0.15, 0.2) is 0 Å². The number of hydrogen-bond donors (Lipinski definition) is 2. The lowest BCUT2D eigenvalue weighted by Gasteiger charge is -1.99. The van der Waals surface area contributed by atoms with Crippen molar-refractivity contribution in [1.29, 1.82) is 0 Å². The van der Waals surface area contributed by atoms with Gasteiger partial charge in [-0.05, 0) is 38.5 Å². The highest BCUT2D eigenvalue weighted by Gasteiger charge is 1.96. The Bertz CT molecular complexity index is 350. The van der Waals surface area contributed by atoms with Crippen molar-refractivity contribution in [2.24, 2.45) is 0 Å². The van der Waals surface area contributed by atoms with Gasteiger partial charge in [-0.25, -0.2) is 0 Å². The van der Waals surface area contributed by atoms with Crippen LogP contribution in [0.3, 0.4) is 0 Å². The monoisotopic (exact) mass is 384 g/mol. The first kappa shape index (κ1) is 27.9. The number of rotatable bonds is 18. The van der Waals surface area contributed by atoms with Gasteiger partial charge in [-0.3, -0.25) is 9.59 Å². The SMILES string of the molecule is CCCCC(=O)O.CCCCCCCCC=CCCCCCCCC(=O)O. The Morgan fingerprint density at radius 3 is 1.33 bits per heavy atom. The number of unbranched alkanes of at least 4 members (excludes halogenated alkanes) is 12. The van der Waals surface area contributed by atoms with E-state index in [4.69, 9.17) is 10.2 Å². The highest BCUT2D eigenvalue weighted by molar-refractivity contribution is 5.66. The minimum atomic E-state index is -0.693. The van der Waals surface area contributed by atoms with E-state index in [0.717, 1.165) is 25.7 Å². The van der Waals surface area contributed by atoms with Crippen molar-refractivity contribution < 1.29 is 19.8 Å². The fourth-order valence-corrected chi connectivity index (χ4v) is 2.67. The van der Waals surface area contributed by atoms with E-state index in [1.807, 2.05) is 6.92 Å². The summed E-state index contributed by atoms with van der Waals surface area (Å²) in [5, 5.41) is 16.6. The van der Waals surface area contributed by atoms with Crippen LogP contribution in [0.5, 0.6) is 0 Å². The highest BCUT2D eigenvalue weighted by Crippen LogP contribution is 2.09. The standard InChI is InChI=1S/C18H34O2.C5H10O2/c1-2-3-4-5-6-7-8-9-10-11-12-13-14-15-16-17-18(19)20;1-2-3-4-5(6)7/h9-10H,2-8,11-17H2,1H3,(H,19,20);2-4H2,1H3,(H,6,7). The minimum Gasteiger partial charge on any atom is -0.481 e. The Balaban J connectivity index is 0. The molecule has 4 heteroatoms. The highest BCUT2D eigenvalue weighted by atomic mass is 16.4. The molecule has 0 aliphatic rings. The summed E-state index contributed by atoms with van der Waals surface area (Å²) in [6.07, 6.45) is 23.3. The molecule has 0 radical (unpaired) electrons. The summed E-state index contributed by atoms with van der Waals surface area (Å²) in [6, 6.07) is 0. The Labute approximate surface area is 167 Å². The number of hydrogen-bond acceptors (Lipinski definition) is 2. The van der Waals surface area contributed by atoms with Crippen molar-refractivity contribution in [3.05, 3.63) is 12.2 Å². The molecular weight excluding hydrogens is 340 g/mol. The first-order chi connectivity index (χ1) is 13.0. The lowest BCUT2D eigenvalue weighted by molar-refractivity contribution is -0.138. The van der Waals surface area contributed by atoms with Gasteiger partial charge in [0, 0.05) is 12.8 Å². The van der Waals surface area contributed by atoms with Crippen LogP contribution in [0.4, 0.5) is 0 Å². The molecule has 0 aliphatic carbocycles. The second kappa shape index (κ2) is 24.7. The molecule has 0 unspecified atom stereocenters. The molecule has 0 aromatic rings. The fraction of sp³-hybridized carbons (Fsp3) is 0.826. The summed E-state index contributed by atoms with van der Waals surface area (Å²) in [5.74, 6) is -1.36.